The smallest absolute Gasteiger partial charge is 0.432 e. The van der Waals surface area contributed by atoms with E-state index in [1.54, 1.807) is 43.3 Å². The number of hydrogen-bond donors (Lipinski definition) is 3. The van der Waals surface area contributed by atoms with E-state index in [1.807, 2.05) is 12.1 Å². The molecule has 2 aromatic heterocycles. The number of furan rings is 1. The SMILES string of the molecule is COC(=O)c1c(C(F)(F)F)[nH]c2c(O)cc3c(c12)C(C)CN3C(=O)C1=Cc2cc(NC(=O)c3cc4cccc(OC)c4o3)ccc2CCC1. The van der Waals surface area contributed by atoms with Crippen molar-refractivity contribution in [2.75, 3.05) is 31.0 Å². The van der Waals surface area contributed by atoms with Crippen LogP contribution in [-0.2, 0) is 22.1 Å². The fourth-order valence-corrected chi connectivity index (χ4v) is 6.87. The first-order chi connectivity index (χ1) is 23.4. The van der Waals surface area contributed by atoms with Crippen molar-refractivity contribution >= 4 is 57.1 Å². The van der Waals surface area contributed by atoms with Crippen molar-refractivity contribution in [1.82, 2.24) is 4.98 Å². The van der Waals surface area contributed by atoms with E-state index in [0.29, 0.717) is 52.8 Å². The van der Waals surface area contributed by atoms with Gasteiger partial charge in [0.15, 0.2) is 17.1 Å². The molecule has 1 aliphatic heterocycles. The number of nitrogens with zero attached hydrogens (tertiary/aromatic N) is 1. The number of phenolic OH excluding ortho intramolecular Hbond substituents is 1. The van der Waals surface area contributed by atoms with Gasteiger partial charge in [0, 0.05) is 40.6 Å². The molecule has 1 aliphatic carbocycles. The van der Waals surface area contributed by atoms with Crippen LogP contribution in [0.15, 0.2) is 58.5 Å². The Kier molecular flexibility index (Phi) is 7.64. The highest BCUT2D eigenvalue weighted by Crippen LogP contribution is 2.49. The molecule has 49 heavy (non-hydrogen) atoms. The van der Waals surface area contributed by atoms with E-state index in [9.17, 15) is 32.7 Å². The predicted molar refractivity (Wildman–Crippen MR) is 175 cm³/mol. The molecule has 0 fully saturated rings. The van der Waals surface area contributed by atoms with Gasteiger partial charge >= 0.3 is 12.1 Å². The van der Waals surface area contributed by atoms with Crippen LogP contribution >= 0.6 is 0 Å². The molecular weight excluding hydrogens is 643 g/mol. The van der Waals surface area contributed by atoms with Crippen LogP contribution in [0.2, 0.25) is 0 Å². The number of esters is 1. The number of benzene rings is 3. The molecule has 252 valence electrons. The molecule has 0 saturated carbocycles. The number of amides is 2. The van der Waals surface area contributed by atoms with Crippen LogP contribution < -0.4 is 15.0 Å². The number of phenols is 1. The van der Waals surface area contributed by atoms with Gasteiger partial charge in [-0.3, -0.25) is 9.59 Å². The Hall–Kier alpha value is -5.72. The molecule has 1 atom stereocenters. The zero-order valence-corrected chi connectivity index (χ0v) is 26.6. The number of rotatable bonds is 5. The lowest BCUT2D eigenvalue weighted by Crippen LogP contribution is -2.30. The highest BCUT2D eigenvalue weighted by Gasteiger charge is 2.43. The Morgan fingerprint density at radius 3 is 2.61 bits per heavy atom. The number of aromatic amines is 1. The molecule has 0 spiro atoms. The molecule has 7 rings (SSSR count). The van der Waals surface area contributed by atoms with Crippen LogP contribution in [0.1, 0.15) is 69.0 Å². The van der Waals surface area contributed by atoms with E-state index in [1.165, 1.54) is 18.1 Å². The van der Waals surface area contributed by atoms with E-state index in [2.05, 4.69) is 10.3 Å². The Morgan fingerprint density at radius 2 is 1.88 bits per heavy atom. The first kappa shape index (κ1) is 31.9. The number of hydrogen-bond acceptors (Lipinski definition) is 7. The Balaban J connectivity index is 1.22. The van der Waals surface area contributed by atoms with Crippen LogP contribution in [0.25, 0.3) is 27.9 Å². The van der Waals surface area contributed by atoms with Crippen molar-refractivity contribution in [3.63, 3.8) is 0 Å². The number of halogens is 3. The molecule has 2 amide bonds. The molecule has 1 unspecified atom stereocenters. The maximum Gasteiger partial charge on any atom is 0.432 e. The van der Waals surface area contributed by atoms with Crippen molar-refractivity contribution in [3.05, 3.63) is 87.8 Å². The van der Waals surface area contributed by atoms with Gasteiger partial charge in [0.1, 0.15) is 11.4 Å². The molecule has 0 saturated heterocycles. The summed E-state index contributed by atoms with van der Waals surface area (Å²) in [6.45, 7) is 1.86. The maximum atomic E-state index is 14.1. The second-order valence-corrected chi connectivity index (χ2v) is 12.1. The summed E-state index contributed by atoms with van der Waals surface area (Å²) in [5.74, 6) is -2.47. The summed E-state index contributed by atoms with van der Waals surface area (Å²) in [6.07, 6.45) is -1.45. The minimum Gasteiger partial charge on any atom is -0.506 e. The number of nitrogens with one attached hydrogen (secondary N) is 2. The monoisotopic (exact) mass is 673 g/mol. The van der Waals surface area contributed by atoms with Crippen LogP contribution in [-0.4, -0.2) is 48.6 Å². The van der Waals surface area contributed by atoms with Crippen LogP contribution in [0.3, 0.4) is 0 Å². The van der Waals surface area contributed by atoms with Gasteiger partial charge in [-0.15, -0.1) is 0 Å². The molecule has 0 bridgehead atoms. The highest BCUT2D eigenvalue weighted by molar-refractivity contribution is 6.15. The number of aromatic hydroxyl groups is 1. The molecule has 5 aromatic rings. The molecule has 2 aliphatic rings. The first-order valence-electron chi connectivity index (χ1n) is 15.5. The summed E-state index contributed by atoms with van der Waals surface area (Å²) in [6, 6.07) is 13.6. The summed E-state index contributed by atoms with van der Waals surface area (Å²) < 4.78 is 57.8. The number of ether oxygens (including phenoxy) is 2. The van der Waals surface area contributed by atoms with Gasteiger partial charge in [-0.2, -0.15) is 13.2 Å². The largest absolute Gasteiger partial charge is 0.506 e. The molecule has 10 nitrogen and oxygen atoms in total. The number of alkyl halides is 3. The van der Waals surface area contributed by atoms with Crippen LogP contribution in [0.5, 0.6) is 11.5 Å². The second kappa shape index (κ2) is 11.8. The third-order valence-electron chi connectivity index (χ3n) is 9.09. The number of aromatic nitrogens is 1. The number of carbonyl (C=O) groups is 3. The number of para-hydroxylation sites is 1. The average Bonchev–Trinajstić information content (AvgIpc) is 3.74. The number of carbonyl (C=O) groups excluding carboxylic acids is 3. The number of H-pyrrole nitrogens is 1. The minimum absolute atomic E-state index is 0.0974. The average molecular weight is 674 g/mol. The van der Waals surface area contributed by atoms with Crippen molar-refractivity contribution in [3.8, 4) is 11.5 Å². The summed E-state index contributed by atoms with van der Waals surface area (Å²) in [5, 5.41) is 14.3. The predicted octanol–water partition coefficient (Wildman–Crippen LogP) is 7.56. The Morgan fingerprint density at radius 1 is 1.08 bits per heavy atom. The molecule has 3 N–H and O–H groups in total. The van der Waals surface area contributed by atoms with Crippen molar-refractivity contribution in [2.45, 2.75) is 38.3 Å². The van der Waals surface area contributed by atoms with Gasteiger partial charge in [-0.05, 0) is 66.3 Å². The lowest BCUT2D eigenvalue weighted by Gasteiger charge is -2.20. The Bertz CT molecular complexity index is 2230. The fourth-order valence-electron chi connectivity index (χ4n) is 6.87. The summed E-state index contributed by atoms with van der Waals surface area (Å²) in [4.78, 5) is 43.6. The maximum absolute atomic E-state index is 14.1. The zero-order valence-electron chi connectivity index (χ0n) is 26.6. The normalized spacial score (nSPS) is 15.8. The third-order valence-corrected chi connectivity index (χ3v) is 9.09. The summed E-state index contributed by atoms with van der Waals surface area (Å²) in [7, 11) is 2.49. The first-order valence-corrected chi connectivity index (χ1v) is 15.5. The molecule has 3 heterocycles. The lowest BCUT2D eigenvalue weighted by molar-refractivity contribution is -0.141. The topological polar surface area (TPSA) is 134 Å². The van der Waals surface area contributed by atoms with Crippen molar-refractivity contribution in [1.29, 1.82) is 0 Å². The van der Waals surface area contributed by atoms with Gasteiger partial charge in [0.05, 0.1) is 31.0 Å². The van der Waals surface area contributed by atoms with Crippen LogP contribution in [0.4, 0.5) is 24.5 Å². The lowest BCUT2D eigenvalue weighted by atomic mass is 9.95. The van der Waals surface area contributed by atoms with E-state index in [4.69, 9.17) is 13.9 Å². The summed E-state index contributed by atoms with van der Waals surface area (Å²) in [5.41, 5.74) is 1.30. The molecule has 0 radical (unpaired) electrons. The molecular formula is C36H30F3N3O7. The van der Waals surface area contributed by atoms with Gasteiger partial charge in [0.25, 0.3) is 11.8 Å². The number of methoxy groups -OCH3 is 2. The van der Waals surface area contributed by atoms with Gasteiger partial charge in [-0.25, -0.2) is 4.79 Å². The number of aryl methyl sites for hydroxylation is 1. The Labute approximate surface area is 277 Å². The van der Waals surface area contributed by atoms with Crippen LogP contribution in [0, 0.1) is 0 Å². The quantitative estimate of drug-likeness (QED) is 0.164. The van der Waals surface area contributed by atoms with E-state index < -0.39 is 41.0 Å². The molecule has 13 heteroatoms. The van der Waals surface area contributed by atoms with Crippen molar-refractivity contribution in [2.24, 2.45) is 0 Å². The van der Waals surface area contributed by atoms with Gasteiger partial charge in [-0.1, -0.05) is 25.1 Å². The standard InChI is InChI=1S/C36H30F3N3O7/c1-17-16-42(23-15-24(43)30-28(27(17)23)29(35(46)48-3)32(41-30)36(37,38)39)34(45)20-8-4-6-18-10-11-22(13-21(18)12-20)40-33(44)26-14-19-7-5-9-25(47-2)31(19)49-26/h5,7,9-15,17,41,43H,4,6,8,16H2,1-3H3,(H,40,44). The summed E-state index contributed by atoms with van der Waals surface area (Å²) >= 11 is 0. The van der Waals surface area contributed by atoms with Gasteiger partial charge < -0.3 is 34.2 Å². The third kappa shape index (κ3) is 5.35. The van der Waals surface area contributed by atoms with E-state index >= 15 is 0 Å². The fraction of sp³-hybridized carbons (Fsp3) is 0.250. The number of fused-ring (bicyclic) bond motifs is 5. The minimum atomic E-state index is -4.93. The van der Waals surface area contributed by atoms with Crippen molar-refractivity contribution < 1.29 is 46.6 Å². The molecule has 3 aromatic carbocycles. The second-order valence-electron chi connectivity index (χ2n) is 12.1. The van der Waals surface area contributed by atoms with Gasteiger partial charge in [0.2, 0.25) is 0 Å². The zero-order chi connectivity index (χ0) is 34.8. The highest BCUT2D eigenvalue weighted by atomic mass is 19.4. The van der Waals surface area contributed by atoms with E-state index in [0.717, 1.165) is 18.2 Å². The van der Waals surface area contributed by atoms with E-state index in [-0.39, 0.29) is 34.8 Å². The number of anilines is 2.